The van der Waals surface area contributed by atoms with Crippen LogP contribution in [0.1, 0.15) is 22.5 Å². The van der Waals surface area contributed by atoms with Crippen molar-refractivity contribution in [2.24, 2.45) is 0 Å². The quantitative estimate of drug-likeness (QED) is 0.726. The predicted molar refractivity (Wildman–Crippen MR) is 107 cm³/mol. The Kier molecular flexibility index (Phi) is 4.77. The van der Waals surface area contributed by atoms with Crippen molar-refractivity contribution in [1.29, 1.82) is 0 Å². The molecule has 1 saturated heterocycles. The number of hydrogen-bond donors (Lipinski definition) is 1. The summed E-state index contributed by atoms with van der Waals surface area (Å²) in [5.41, 5.74) is 5.69. The van der Waals surface area contributed by atoms with Gasteiger partial charge in [-0.05, 0) is 43.2 Å². The summed E-state index contributed by atoms with van der Waals surface area (Å²) in [6, 6.07) is 14.1. The molecule has 2 aromatic carbocycles. The zero-order valence-corrected chi connectivity index (χ0v) is 15.7. The average Bonchev–Trinajstić information content (AvgIpc) is 3.12. The van der Waals surface area contributed by atoms with Gasteiger partial charge in [-0.1, -0.05) is 35.9 Å². The summed E-state index contributed by atoms with van der Waals surface area (Å²) < 4.78 is 5.40. The summed E-state index contributed by atoms with van der Waals surface area (Å²) in [5, 5.41) is 0. The highest BCUT2D eigenvalue weighted by atomic mass is 16.5. The van der Waals surface area contributed by atoms with Crippen molar-refractivity contribution in [1.82, 2.24) is 14.9 Å². The van der Waals surface area contributed by atoms with Gasteiger partial charge < -0.3 is 14.6 Å². The molecule has 0 aliphatic carbocycles. The van der Waals surface area contributed by atoms with Crippen molar-refractivity contribution < 1.29 is 9.53 Å². The van der Waals surface area contributed by atoms with E-state index in [9.17, 15) is 4.79 Å². The molecule has 1 aromatic heterocycles. The van der Waals surface area contributed by atoms with Crippen LogP contribution in [0.4, 0.5) is 0 Å². The number of H-pyrrole nitrogens is 1. The molecule has 1 N–H and O–H groups in total. The van der Waals surface area contributed by atoms with Gasteiger partial charge in [-0.15, -0.1) is 0 Å². The number of carbonyl (C=O) groups excluding carboxylic acids is 1. The Morgan fingerprint density at radius 2 is 1.93 bits per heavy atom. The molecule has 4 rings (SSSR count). The Hall–Kier alpha value is -2.92. The molecule has 1 aliphatic heterocycles. The Morgan fingerprint density at radius 1 is 1.15 bits per heavy atom. The number of aryl methyl sites for hydroxylation is 2. The normalized spacial score (nSPS) is 15.3. The highest BCUT2D eigenvalue weighted by molar-refractivity contribution is 6.23. The Balaban J connectivity index is 1.82. The first kappa shape index (κ1) is 17.5. The highest BCUT2D eigenvalue weighted by Gasteiger charge is 2.24. The number of hydrogen-bond acceptors (Lipinski definition) is 3. The van der Waals surface area contributed by atoms with Crippen molar-refractivity contribution in [3.05, 3.63) is 65.0 Å². The van der Waals surface area contributed by atoms with Gasteiger partial charge in [0.1, 0.15) is 5.82 Å². The second-order valence-corrected chi connectivity index (χ2v) is 6.93. The van der Waals surface area contributed by atoms with E-state index in [0.717, 1.165) is 27.7 Å². The Labute approximate surface area is 158 Å². The van der Waals surface area contributed by atoms with Gasteiger partial charge in [0.2, 0.25) is 0 Å². The van der Waals surface area contributed by atoms with Crippen LogP contribution in [0.15, 0.2) is 42.5 Å². The zero-order valence-electron chi connectivity index (χ0n) is 15.7. The van der Waals surface area contributed by atoms with Gasteiger partial charge in [0.15, 0.2) is 0 Å². The number of fused-ring (bicyclic) bond motifs is 1. The number of para-hydroxylation sites is 2. The Bertz CT molecular complexity index is 980. The lowest BCUT2D eigenvalue weighted by Crippen LogP contribution is -2.41. The van der Waals surface area contributed by atoms with E-state index >= 15 is 0 Å². The summed E-state index contributed by atoms with van der Waals surface area (Å²) >= 11 is 0. The number of aromatic amines is 1. The summed E-state index contributed by atoms with van der Waals surface area (Å²) in [6.45, 7) is 6.46. The number of nitrogens with zero attached hydrogens (tertiary/aromatic N) is 2. The number of benzene rings is 2. The molecule has 1 fully saturated rings. The number of ether oxygens (including phenoxy) is 1. The van der Waals surface area contributed by atoms with Crippen LogP contribution >= 0.6 is 0 Å². The van der Waals surface area contributed by atoms with Crippen LogP contribution in [-0.4, -0.2) is 47.1 Å². The van der Waals surface area contributed by atoms with Crippen LogP contribution in [0.5, 0.6) is 0 Å². The maximum absolute atomic E-state index is 13.3. The molecule has 3 aromatic rings. The van der Waals surface area contributed by atoms with Crippen molar-refractivity contribution in [2.45, 2.75) is 13.8 Å². The Morgan fingerprint density at radius 3 is 2.70 bits per heavy atom. The molecule has 5 heteroatoms. The molecule has 0 saturated carbocycles. The van der Waals surface area contributed by atoms with Crippen molar-refractivity contribution >= 4 is 28.6 Å². The van der Waals surface area contributed by atoms with Gasteiger partial charge in [0.25, 0.3) is 5.91 Å². The lowest BCUT2D eigenvalue weighted by atomic mass is 10.0. The number of morpholine rings is 1. The molecule has 0 radical (unpaired) electrons. The third-order valence-electron chi connectivity index (χ3n) is 4.91. The maximum Gasteiger partial charge on any atom is 0.257 e. The van der Waals surface area contributed by atoms with Crippen molar-refractivity contribution in [3.8, 4) is 0 Å². The lowest BCUT2D eigenvalue weighted by Gasteiger charge is -2.27. The molecule has 0 unspecified atom stereocenters. The first-order valence-corrected chi connectivity index (χ1v) is 9.23. The second-order valence-electron chi connectivity index (χ2n) is 6.93. The fourth-order valence-electron chi connectivity index (χ4n) is 3.32. The third-order valence-corrected chi connectivity index (χ3v) is 4.91. The first-order valence-electron chi connectivity index (χ1n) is 9.23. The van der Waals surface area contributed by atoms with Gasteiger partial charge in [0.05, 0.1) is 29.8 Å². The van der Waals surface area contributed by atoms with Crippen LogP contribution in [0.25, 0.3) is 22.7 Å². The molecule has 138 valence electrons. The minimum Gasteiger partial charge on any atom is -0.378 e. The van der Waals surface area contributed by atoms with Crippen LogP contribution < -0.4 is 0 Å². The molecule has 0 bridgehead atoms. The molecule has 1 amide bonds. The largest absolute Gasteiger partial charge is 0.378 e. The molecule has 1 aliphatic rings. The summed E-state index contributed by atoms with van der Waals surface area (Å²) in [5.74, 6) is 0.590. The fourth-order valence-corrected chi connectivity index (χ4v) is 3.32. The fraction of sp³-hybridized carbons (Fsp3) is 0.273. The first-order chi connectivity index (χ1) is 13.1. The molecule has 27 heavy (non-hydrogen) atoms. The smallest absolute Gasteiger partial charge is 0.257 e. The molecule has 0 spiro atoms. The monoisotopic (exact) mass is 361 g/mol. The molecular weight excluding hydrogens is 338 g/mol. The van der Waals surface area contributed by atoms with E-state index in [2.05, 4.69) is 42.0 Å². The second kappa shape index (κ2) is 7.37. The van der Waals surface area contributed by atoms with Crippen LogP contribution in [-0.2, 0) is 9.53 Å². The van der Waals surface area contributed by atoms with Crippen molar-refractivity contribution in [3.63, 3.8) is 0 Å². The summed E-state index contributed by atoms with van der Waals surface area (Å²) in [7, 11) is 0. The van der Waals surface area contributed by atoms with E-state index in [1.807, 2.05) is 35.2 Å². The van der Waals surface area contributed by atoms with Gasteiger partial charge in [-0.2, -0.15) is 0 Å². The van der Waals surface area contributed by atoms with Crippen molar-refractivity contribution in [2.75, 3.05) is 26.3 Å². The number of rotatable bonds is 3. The van der Waals surface area contributed by atoms with E-state index in [1.165, 1.54) is 0 Å². The molecular formula is C22H23N3O2. The lowest BCUT2D eigenvalue weighted by molar-refractivity contribution is -0.128. The minimum atomic E-state index is -0.0155. The van der Waals surface area contributed by atoms with Gasteiger partial charge in [-0.3, -0.25) is 4.79 Å². The molecule has 2 heterocycles. The standard InChI is InChI=1S/C22H23N3O2/c1-15-7-8-16(2)17(13-15)14-18(22(26)25-9-11-27-12-10-25)21-23-19-5-3-4-6-20(19)24-21/h3-8,13-14H,9-12H2,1-2H3,(H,23,24). The highest BCUT2D eigenvalue weighted by Crippen LogP contribution is 2.24. The minimum absolute atomic E-state index is 0.0155. The number of amides is 1. The maximum atomic E-state index is 13.3. The zero-order chi connectivity index (χ0) is 18.8. The van der Waals surface area contributed by atoms with E-state index in [0.29, 0.717) is 37.7 Å². The van der Waals surface area contributed by atoms with Gasteiger partial charge >= 0.3 is 0 Å². The number of imidazole rings is 1. The van der Waals surface area contributed by atoms with Gasteiger partial charge in [-0.25, -0.2) is 4.98 Å². The van der Waals surface area contributed by atoms with E-state index in [1.54, 1.807) is 0 Å². The van der Waals surface area contributed by atoms with E-state index in [-0.39, 0.29) is 5.91 Å². The molecule has 5 nitrogen and oxygen atoms in total. The predicted octanol–water partition coefficient (Wildman–Crippen LogP) is 3.58. The van der Waals surface area contributed by atoms with Crippen LogP contribution in [0, 0.1) is 13.8 Å². The SMILES string of the molecule is Cc1ccc(C)c(C=C(C(=O)N2CCOCC2)c2nc3ccccc3[nH]2)c1. The number of aromatic nitrogens is 2. The topological polar surface area (TPSA) is 58.2 Å². The number of carbonyl (C=O) groups is 1. The molecule has 0 atom stereocenters. The van der Waals surface area contributed by atoms with Crippen LogP contribution in [0.3, 0.4) is 0 Å². The van der Waals surface area contributed by atoms with E-state index < -0.39 is 0 Å². The number of nitrogens with one attached hydrogen (secondary N) is 1. The summed E-state index contributed by atoms with van der Waals surface area (Å²) in [4.78, 5) is 23.1. The van der Waals surface area contributed by atoms with E-state index in [4.69, 9.17) is 4.74 Å². The summed E-state index contributed by atoms with van der Waals surface area (Å²) in [6.07, 6.45) is 1.96. The average molecular weight is 361 g/mol. The third kappa shape index (κ3) is 3.64. The van der Waals surface area contributed by atoms with Gasteiger partial charge in [0, 0.05) is 13.1 Å². The van der Waals surface area contributed by atoms with Crippen LogP contribution in [0.2, 0.25) is 0 Å².